The number of nitrogens with zero attached hydrogens (tertiary/aromatic N) is 3. The van der Waals surface area contributed by atoms with Gasteiger partial charge in [0.15, 0.2) is 0 Å². The molecule has 6 nitrogen and oxygen atoms in total. The average molecular weight is 400 g/mol. The van der Waals surface area contributed by atoms with Crippen LogP contribution in [0.3, 0.4) is 0 Å². The minimum absolute atomic E-state index is 0.132. The summed E-state index contributed by atoms with van der Waals surface area (Å²) in [5.74, 6) is -0.0887. The molecule has 2 saturated heterocycles. The molecule has 0 radical (unpaired) electrons. The predicted molar refractivity (Wildman–Crippen MR) is 110 cm³/mol. The Morgan fingerprint density at radius 3 is 2.86 bits per heavy atom. The van der Waals surface area contributed by atoms with Gasteiger partial charge < -0.3 is 20.4 Å². The third-order valence-corrected chi connectivity index (χ3v) is 6.74. The van der Waals surface area contributed by atoms with Crippen molar-refractivity contribution in [3.8, 4) is 6.07 Å². The molecule has 1 aromatic rings. The third kappa shape index (κ3) is 4.24. The van der Waals surface area contributed by atoms with E-state index in [0.717, 1.165) is 44.6 Å². The Morgan fingerprint density at radius 2 is 2.24 bits per heavy atom. The van der Waals surface area contributed by atoms with Crippen LogP contribution in [0.2, 0.25) is 0 Å². The molecule has 5 atom stereocenters. The van der Waals surface area contributed by atoms with Crippen molar-refractivity contribution in [2.24, 2.45) is 5.92 Å². The number of hydrogen-bond donors (Lipinski definition) is 2. The maximum atomic E-state index is 14.8. The van der Waals surface area contributed by atoms with Crippen molar-refractivity contribution in [2.75, 3.05) is 31.6 Å². The van der Waals surface area contributed by atoms with Gasteiger partial charge in [0.05, 0.1) is 12.1 Å². The molecule has 1 aliphatic carbocycles. The second-order valence-electron chi connectivity index (χ2n) is 8.89. The van der Waals surface area contributed by atoms with Crippen molar-refractivity contribution in [3.63, 3.8) is 0 Å². The maximum Gasteiger partial charge on any atom is 0.238 e. The summed E-state index contributed by atoms with van der Waals surface area (Å²) in [5.41, 5.74) is 1.33. The molecule has 7 heteroatoms. The molecule has 29 heavy (non-hydrogen) atoms. The van der Waals surface area contributed by atoms with E-state index in [1.165, 1.54) is 0 Å². The zero-order valence-corrected chi connectivity index (χ0v) is 17.2. The van der Waals surface area contributed by atoms with E-state index in [2.05, 4.69) is 40.5 Å². The number of benzene rings is 1. The minimum atomic E-state index is -0.730. The Bertz CT molecular complexity index is 809. The highest BCUT2D eigenvalue weighted by atomic mass is 19.1. The summed E-state index contributed by atoms with van der Waals surface area (Å²) in [4.78, 5) is 17.1. The molecular weight excluding hydrogens is 369 g/mol. The molecule has 1 amide bonds. The second kappa shape index (κ2) is 8.29. The molecular formula is C22H30FN5O. The lowest BCUT2D eigenvalue weighted by atomic mass is 9.98. The van der Waals surface area contributed by atoms with Gasteiger partial charge in [-0.1, -0.05) is 6.07 Å². The maximum absolute atomic E-state index is 14.8. The molecule has 1 aromatic carbocycles. The number of nitriles is 1. The first-order valence-corrected chi connectivity index (χ1v) is 10.6. The van der Waals surface area contributed by atoms with Crippen LogP contribution >= 0.6 is 0 Å². The number of piperazine rings is 1. The molecule has 0 aromatic heterocycles. The number of anilines is 1. The van der Waals surface area contributed by atoms with E-state index in [-0.39, 0.29) is 24.2 Å². The van der Waals surface area contributed by atoms with Gasteiger partial charge in [-0.05, 0) is 56.8 Å². The summed E-state index contributed by atoms with van der Waals surface area (Å²) in [7, 11) is 2.10. The van der Waals surface area contributed by atoms with Crippen LogP contribution in [0.4, 0.5) is 10.1 Å². The summed E-state index contributed by atoms with van der Waals surface area (Å²) in [5, 5.41) is 15.7. The van der Waals surface area contributed by atoms with Crippen LogP contribution in [-0.4, -0.2) is 61.7 Å². The summed E-state index contributed by atoms with van der Waals surface area (Å²) in [6, 6.07) is 7.17. The first-order chi connectivity index (χ1) is 13.9. The van der Waals surface area contributed by atoms with Crippen molar-refractivity contribution in [1.29, 1.82) is 5.26 Å². The van der Waals surface area contributed by atoms with Crippen LogP contribution in [0.1, 0.15) is 31.7 Å². The zero-order valence-electron chi connectivity index (χ0n) is 17.2. The van der Waals surface area contributed by atoms with Crippen molar-refractivity contribution in [2.45, 2.75) is 56.8 Å². The summed E-state index contributed by atoms with van der Waals surface area (Å²) < 4.78 is 14.8. The molecule has 2 aliphatic heterocycles. The molecule has 0 spiro atoms. The summed E-state index contributed by atoms with van der Waals surface area (Å²) in [6.45, 7) is 4.91. The fourth-order valence-corrected chi connectivity index (χ4v) is 5.16. The van der Waals surface area contributed by atoms with E-state index < -0.39 is 6.04 Å². The van der Waals surface area contributed by atoms with Crippen molar-refractivity contribution in [1.82, 2.24) is 15.5 Å². The molecule has 3 fully saturated rings. The number of piperidine rings is 1. The molecule has 1 saturated carbocycles. The third-order valence-electron chi connectivity index (χ3n) is 6.74. The van der Waals surface area contributed by atoms with Crippen LogP contribution in [0, 0.1) is 23.1 Å². The lowest BCUT2D eigenvalue weighted by molar-refractivity contribution is -0.124. The van der Waals surface area contributed by atoms with Crippen LogP contribution in [-0.2, 0) is 11.2 Å². The van der Waals surface area contributed by atoms with Gasteiger partial charge in [-0.15, -0.1) is 0 Å². The zero-order chi connectivity index (χ0) is 20.5. The topological polar surface area (TPSA) is 71.4 Å². The van der Waals surface area contributed by atoms with E-state index in [9.17, 15) is 14.4 Å². The highest BCUT2D eigenvalue weighted by Crippen LogP contribution is 2.35. The van der Waals surface area contributed by atoms with E-state index in [0.29, 0.717) is 23.6 Å². The van der Waals surface area contributed by atoms with E-state index in [1.807, 2.05) is 6.07 Å². The van der Waals surface area contributed by atoms with Gasteiger partial charge in [-0.25, -0.2) is 4.39 Å². The molecule has 3 aliphatic rings. The molecule has 2 heterocycles. The van der Waals surface area contributed by atoms with Crippen LogP contribution in [0.5, 0.6) is 0 Å². The number of nitrogens with one attached hydrogen (secondary N) is 2. The molecule has 156 valence electrons. The van der Waals surface area contributed by atoms with Crippen molar-refractivity contribution >= 4 is 11.6 Å². The summed E-state index contributed by atoms with van der Waals surface area (Å²) in [6.07, 6.45) is 3.40. The Kier molecular flexibility index (Phi) is 5.75. The SMILES string of the molecule is C[C@H]1CN(C)CCN1c1ccc(C[C@@H](C#N)NC(=O)[C@H]2N[C@@H]3CC[C@H]2C3)c(F)c1. The monoisotopic (exact) mass is 399 g/mol. The number of carbonyl (C=O) groups is 1. The Labute approximate surface area is 172 Å². The Morgan fingerprint density at radius 1 is 1.41 bits per heavy atom. The lowest BCUT2D eigenvalue weighted by Crippen LogP contribution is -2.50. The van der Waals surface area contributed by atoms with E-state index in [1.54, 1.807) is 12.1 Å². The van der Waals surface area contributed by atoms with Crippen LogP contribution in [0.25, 0.3) is 0 Å². The predicted octanol–water partition coefficient (Wildman–Crippen LogP) is 1.66. The quantitative estimate of drug-likeness (QED) is 0.788. The molecule has 2 N–H and O–H groups in total. The number of halogens is 1. The fraction of sp³-hybridized carbons (Fsp3) is 0.636. The van der Waals surface area contributed by atoms with Crippen LogP contribution < -0.4 is 15.5 Å². The first-order valence-electron chi connectivity index (χ1n) is 10.6. The van der Waals surface area contributed by atoms with Crippen LogP contribution in [0.15, 0.2) is 18.2 Å². The van der Waals surface area contributed by atoms with E-state index in [4.69, 9.17) is 0 Å². The van der Waals surface area contributed by atoms with E-state index >= 15 is 0 Å². The fourth-order valence-electron chi connectivity index (χ4n) is 5.16. The van der Waals surface area contributed by atoms with Gasteiger partial charge in [0, 0.05) is 43.8 Å². The summed E-state index contributed by atoms with van der Waals surface area (Å²) >= 11 is 0. The number of fused-ring (bicyclic) bond motifs is 2. The Hall–Kier alpha value is -2.17. The highest BCUT2D eigenvalue weighted by molar-refractivity contribution is 5.83. The molecule has 0 unspecified atom stereocenters. The van der Waals surface area contributed by atoms with Gasteiger partial charge in [0.25, 0.3) is 0 Å². The number of rotatable bonds is 5. The van der Waals surface area contributed by atoms with Gasteiger partial charge >= 0.3 is 0 Å². The molecule has 4 rings (SSSR count). The lowest BCUT2D eigenvalue weighted by Gasteiger charge is -2.39. The number of hydrogen-bond acceptors (Lipinski definition) is 5. The van der Waals surface area contributed by atoms with Crippen molar-refractivity contribution < 1.29 is 9.18 Å². The first kappa shape index (κ1) is 20.1. The van der Waals surface area contributed by atoms with Crippen molar-refractivity contribution in [3.05, 3.63) is 29.6 Å². The normalized spacial score (nSPS) is 30.2. The largest absolute Gasteiger partial charge is 0.366 e. The smallest absolute Gasteiger partial charge is 0.238 e. The van der Waals surface area contributed by atoms with Gasteiger partial charge in [-0.3, -0.25) is 4.79 Å². The van der Waals surface area contributed by atoms with Gasteiger partial charge in [-0.2, -0.15) is 5.26 Å². The highest BCUT2D eigenvalue weighted by Gasteiger charge is 2.43. The second-order valence-corrected chi connectivity index (χ2v) is 8.89. The number of amides is 1. The molecule has 2 bridgehead atoms. The standard InChI is InChI=1S/C22H30FN5O/c1-14-13-27(2)7-8-28(14)19-6-4-15(20(23)11-19)9-18(12-24)26-22(29)21-16-3-5-17(10-16)25-21/h4,6,11,14,16-18,21,25H,3,5,7-10,13H2,1-2H3,(H,26,29)/t14-,16-,17+,18-,21-/m0/s1. The minimum Gasteiger partial charge on any atom is -0.366 e. The van der Waals surface area contributed by atoms with Gasteiger partial charge in [0.1, 0.15) is 11.9 Å². The van der Waals surface area contributed by atoms with Gasteiger partial charge in [0.2, 0.25) is 5.91 Å². The Balaban J connectivity index is 1.39. The number of likely N-dealkylation sites (N-methyl/N-ethyl adjacent to an activating group) is 1. The number of carbonyl (C=O) groups excluding carboxylic acids is 1. The average Bonchev–Trinajstić information content (AvgIpc) is 3.32.